The third-order valence-electron chi connectivity index (χ3n) is 2.46. The number of amides is 1. The summed E-state index contributed by atoms with van der Waals surface area (Å²) in [7, 11) is 0. The van der Waals surface area contributed by atoms with Gasteiger partial charge in [-0.15, -0.1) is 0 Å². The number of carbonyl (C=O) groups excluding carboxylic acids is 1. The first-order chi connectivity index (χ1) is 6.74. The first-order valence-corrected chi connectivity index (χ1v) is 7.45. The molecule has 1 N–H and O–H groups in total. The molecule has 0 bridgehead atoms. The zero-order valence-electron chi connectivity index (χ0n) is 8.59. The number of hydrogen-bond acceptors (Lipinski definition) is 2. The Morgan fingerprint density at radius 1 is 1.71 bits per heavy atom. The lowest BCUT2D eigenvalue weighted by Crippen LogP contribution is -2.37. The standard InChI is InChI=1S/C10H18BrNOS/c1-8(3-2-5-11)12-10(13)9-4-6-14-7-9/h8-9H,2-7H2,1H3,(H,12,13). The van der Waals surface area contributed by atoms with Crippen LogP contribution < -0.4 is 5.32 Å². The fourth-order valence-corrected chi connectivity index (χ4v) is 3.10. The molecule has 1 fully saturated rings. The predicted octanol–water partition coefficient (Wildman–Crippen LogP) is 2.42. The summed E-state index contributed by atoms with van der Waals surface area (Å²) in [6, 6.07) is 0.325. The van der Waals surface area contributed by atoms with E-state index in [1.165, 1.54) is 0 Å². The number of halogens is 1. The number of nitrogens with one attached hydrogen (secondary N) is 1. The van der Waals surface area contributed by atoms with Crippen LogP contribution in [-0.2, 0) is 4.79 Å². The van der Waals surface area contributed by atoms with Crippen molar-refractivity contribution in [3.63, 3.8) is 0 Å². The van der Waals surface area contributed by atoms with Crippen LogP contribution >= 0.6 is 27.7 Å². The van der Waals surface area contributed by atoms with E-state index in [2.05, 4.69) is 28.2 Å². The van der Waals surface area contributed by atoms with Crippen molar-refractivity contribution < 1.29 is 4.79 Å². The van der Waals surface area contributed by atoms with Crippen LogP contribution in [0.25, 0.3) is 0 Å². The molecule has 0 radical (unpaired) electrons. The van der Waals surface area contributed by atoms with E-state index < -0.39 is 0 Å². The third-order valence-corrected chi connectivity index (χ3v) is 4.18. The summed E-state index contributed by atoms with van der Waals surface area (Å²) >= 11 is 5.28. The van der Waals surface area contributed by atoms with Crippen LogP contribution in [0.15, 0.2) is 0 Å². The Morgan fingerprint density at radius 2 is 2.50 bits per heavy atom. The maximum absolute atomic E-state index is 11.7. The Hall–Kier alpha value is 0.300. The van der Waals surface area contributed by atoms with Gasteiger partial charge < -0.3 is 5.32 Å². The summed E-state index contributed by atoms with van der Waals surface area (Å²) in [6.07, 6.45) is 3.25. The summed E-state index contributed by atoms with van der Waals surface area (Å²) in [4.78, 5) is 11.7. The van der Waals surface area contributed by atoms with Gasteiger partial charge in [-0.2, -0.15) is 11.8 Å². The monoisotopic (exact) mass is 279 g/mol. The molecule has 82 valence electrons. The molecule has 0 saturated carbocycles. The second-order valence-corrected chi connectivity index (χ2v) is 5.74. The molecular formula is C10H18BrNOS. The number of carbonyl (C=O) groups is 1. The molecule has 1 amide bonds. The Labute approximate surface area is 98.7 Å². The molecule has 2 nitrogen and oxygen atoms in total. The van der Waals surface area contributed by atoms with E-state index in [4.69, 9.17) is 0 Å². The topological polar surface area (TPSA) is 29.1 Å². The molecule has 0 aliphatic carbocycles. The normalized spacial score (nSPS) is 23.4. The van der Waals surface area contributed by atoms with Gasteiger partial charge in [-0.25, -0.2) is 0 Å². The van der Waals surface area contributed by atoms with Crippen molar-refractivity contribution in [1.29, 1.82) is 0 Å². The molecule has 1 heterocycles. The quantitative estimate of drug-likeness (QED) is 0.784. The van der Waals surface area contributed by atoms with Gasteiger partial charge in [-0.3, -0.25) is 4.79 Å². The minimum Gasteiger partial charge on any atom is -0.353 e. The molecule has 1 rings (SSSR count). The summed E-state index contributed by atoms with van der Waals surface area (Å²) < 4.78 is 0. The maximum Gasteiger partial charge on any atom is 0.224 e. The average molecular weight is 280 g/mol. The van der Waals surface area contributed by atoms with Crippen molar-refractivity contribution in [3.05, 3.63) is 0 Å². The number of thioether (sulfide) groups is 1. The van der Waals surface area contributed by atoms with E-state index in [-0.39, 0.29) is 11.8 Å². The smallest absolute Gasteiger partial charge is 0.224 e. The first-order valence-electron chi connectivity index (χ1n) is 5.18. The van der Waals surface area contributed by atoms with Crippen LogP contribution in [-0.4, -0.2) is 28.8 Å². The van der Waals surface area contributed by atoms with Crippen LogP contribution in [0.3, 0.4) is 0 Å². The molecule has 0 aromatic rings. The molecule has 2 atom stereocenters. The molecule has 14 heavy (non-hydrogen) atoms. The van der Waals surface area contributed by atoms with Crippen molar-refractivity contribution in [1.82, 2.24) is 5.32 Å². The van der Waals surface area contributed by atoms with Crippen LogP contribution in [0.4, 0.5) is 0 Å². The lowest BCUT2D eigenvalue weighted by Gasteiger charge is -2.15. The van der Waals surface area contributed by atoms with Gasteiger partial charge in [0.25, 0.3) is 0 Å². The largest absolute Gasteiger partial charge is 0.353 e. The van der Waals surface area contributed by atoms with E-state index in [9.17, 15) is 4.79 Å². The minimum absolute atomic E-state index is 0.261. The maximum atomic E-state index is 11.7. The lowest BCUT2D eigenvalue weighted by molar-refractivity contribution is -0.124. The molecule has 2 unspecified atom stereocenters. The van der Waals surface area contributed by atoms with Gasteiger partial charge in [0.1, 0.15) is 0 Å². The van der Waals surface area contributed by atoms with Crippen LogP contribution in [0, 0.1) is 5.92 Å². The average Bonchev–Trinajstić information content (AvgIpc) is 2.67. The van der Waals surface area contributed by atoms with Crippen LogP contribution in [0.2, 0.25) is 0 Å². The second-order valence-electron chi connectivity index (χ2n) is 3.80. The molecule has 4 heteroatoms. The Kier molecular flexibility index (Phi) is 5.94. The molecule has 0 aromatic heterocycles. The second kappa shape index (κ2) is 6.72. The summed E-state index contributed by atoms with van der Waals surface area (Å²) in [5.41, 5.74) is 0. The fourth-order valence-electron chi connectivity index (χ4n) is 1.56. The Morgan fingerprint density at radius 3 is 3.07 bits per heavy atom. The first kappa shape index (κ1) is 12.4. The number of rotatable bonds is 5. The minimum atomic E-state index is 0.261. The van der Waals surface area contributed by atoms with Gasteiger partial charge in [0.05, 0.1) is 0 Å². The molecule has 1 aliphatic heterocycles. The summed E-state index contributed by atoms with van der Waals surface area (Å²) in [5.74, 6) is 2.69. The van der Waals surface area contributed by atoms with E-state index in [0.29, 0.717) is 6.04 Å². The van der Waals surface area contributed by atoms with Gasteiger partial charge in [-0.05, 0) is 31.9 Å². The van der Waals surface area contributed by atoms with E-state index >= 15 is 0 Å². The highest BCUT2D eigenvalue weighted by atomic mass is 79.9. The molecule has 0 spiro atoms. The fraction of sp³-hybridized carbons (Fsp3) is 0.900. The van der Waals surface area contributed by atoms with Gasteiger partial charge in [0.15, 0.2) is 0 Å². The van der Waals surface area contributed by atoms with Crippen molar-refractivity contribution in [2.24, 2.45) is 5.92 Å². The molecule has 0 aromatic carbocycles. The molecule has 1 saturated heterocycles. The Bertz CT molecular complexity index is 183. The predicted molar refractivity (Wildman–Crippen MR) is 66.1 cm³/mol. The van der Waals surface area contributed by atoms with Gasteiger partial charge >= 0.3 is 0 Å². The zero-order chi connectivity index (χ0) is 10.4. The highest BCUT2D eigenvalue weighted by Gasteiger charge is 2.23. The molecule has 1 aliphatic rings. The number of alkyl halides is 1. The zero-order valence-corrected chi connectivity index (χ0v) is 11.0. The van der Waals surface area contributed by atoms with E-state index in [1.54, 1.807) is 0 Å². The third kappa shape index (κ3) is 4.22. The van der Waals surface area contributed by atoms with Gasteiger partial charge in [-0.1, -0.05) is 15.9 Å². The van der Waals surface area contributed by atoms with Crippen LogP contribution in [0.5, 0.6) is 0 Å². The highest BCUT2D eigenvalue weighted by molar-refractivity contribution is 9.09. The van der Waals surface area contributed by atoms with Crippen molar-refractivity contribution in [3.8, 4) is 0 Å². The van der Waals surface area contributed by atoms with Gasteiger partial charge in [0.2, 0.25) is 5.91 Å². The Balaban J connectivity index is 2.18. The highest BCUT2D eigenvalue weighted by Crippen LogP contribution is 2.23. The van der Waals surface area contributed by atoms with E-state index in [1.807, 2.05) is 11.8 Å². The SMILES string of the molecule is CC(CCCBr)NC(=O)C1CCSC1. The molecular weight excluding hydrogens is 262 g/mol. The van der Waals surface area contributed by atoms with Crippen molar-refractivity contribution >= 4 is 33.6 Å². The lowest BCUT2D eigenvalue weighted by atomic mass is 10.1. The van der Waals surface area contributed by atoms with Crippen LogP contribution in [0.1, 0.15) is 26.2 Å². The number of hydrogen-bond donors (Lipinski definition) is 1. The van der Waals surface area contributed by atoms with Gasteiger partial charge in [0, 0.05) is 23.0 Å². The summed E-state index contributed by atoms with van der Waals surface area (Å²) in [6.45, 7) is 2.09. The van der Waals surface area contributed by atoms with Crippen molar-refractivity contribution in [2.45, 2.75) is 32.2 Å². The summed E-state index contributed by atoms with van der Waals surface area (Å²) in [5, 5.41) is 4.10. The van der Waals surface area contributed by atoms with E-state index in [0.717, 1.165) is 36.1 Å². The van der Waals surface area contributed by atoms with Crippen molar-refractivity contribution in [2.75, 3.05) is 16.8 Å².